The van der Waals surface area contributed by atoms with Gasteiger partial charge in [-0.05, 0) is 31.0 Å². The van der Waals surface area contributed by atoms with Crippen molar-refractivity contribution in [2.75, 3.05) is 5.73 Å². The van der Waals surface area contributed by atoms with E-state index < -0.39 is 10.8 Å². The van der Waals surface area contributed by atoms with Gasteiger partial charge in [-0.2, -0.15) is 0 Å². The number of nitrogen functional groups attached to an aromatic ring is 1. The van der Waals surface area contributed by atoms with E-state index in [9.17, 15) is 4.21 Å². The van der Waals surface area contributed by atoms with E-state index in [-0.39, 0.29) is 0 Å². The summed E-state index contributed by atoms with van der Waals surface area (Å²) in [7, 11) is -0.877. The Morgan fingerprint density at radius 2 is 2.11 bits per heavy atom. The topological polar surface area (TPSA) is 69.1 Å². The van der Waals surface area contributed by atoms with Gasteiger partial charge in [0, 0.05) is 21.7 Å². The molecule has 1 aromatic heterocycles. The van der Waals surface area contributed by atoms with E-state index in [0.29, 0.717) is 28.2 Å². The third kappa shape index (κ3) is 2.81. The molecule has 2 N–H and O–H groups in total. The minimum Gasteiger partial charge on any atom is -0.440 e. The maximum Gasteiger partial charge on any atom is 0.208 e. The summed E-state index contributed by atoms with van der Waals surface area (Å²) < 4.78 is 17.9. The van der Waals surface area contributed by atoms with Crippen LogP contribution in [0.4, 0.5) is 5.69 Å². The molecule has 3 rings (SSSR count). The van der Waals surface area contributed by atoms with E-state index in [2.05, 4.69) is 4.98 Å². The number of fused-ring (bicyclic) bond motifs is 1. The second-order valence-electron chi connectivity index (χ2n) is 5.12. The maximum absolute atomic E-state index is 12.3. The van der Waals surface area contributed by atoms with Gasteiger partial charge in [0.05, 0.1) is 0 Å². The van der Waals surface area contributed by atoms with Crippen LogP contribution in [0.3, 0.4) is 0 Å². The molecule has 1 heterocycles. The summed E-state index contributed by atoms with van der Waals surface area (Å²) in [4.78, 5) is 4.37. The standard InChI is InChI=1S/C14H18N2O2S/c15-10-6-7-13-12(8-10)16-14(18-13)9-19(17)11-4-2-1-3-5-11/h6-8,11H,1-5,9,15H2. The maximum atomic E-state index is 12.3. The number of hydrogen-bond donors (Lipinski definition) is 1. The lowest BCUT2D eigenvalue weighted by molar-refractivity contribution is 0.500. The van der Waals surface area contributed by atoms with Crippen LogP contribution in [0.15, 0.2) is 22.6 Å². The van der Waals surface area contributed by atoms with Gasteiger partial charge in [0.2, 0.25) is 5.89 Å². The van der Waals surface area contributed by atoms with E-state index in [0.717, 1.165) is 18.4 Å². The normalized spacial score (nSPS) is 18.7. The fraction of sp³-hybridized carbons (Fsp3) is 0.500. The molecular weight excluding hydrogens is 260 g/mol. The van der Waals surface area contributed by atoms with Crippen molar-refractivity contribution < 1.29 is 8.63 Å². The van der Waals surface area contributed by atoms with Gasteiger partial charge in [0.25, 0.3) is 0 Å². The summed E-state index contributed by atoms with van der Waals surface area (Å²) in [6.07, 6.45) is 5.80. The lowest BCUT2D eigenvalue weighted by Gasteiger charge is -2.19. The number of anilines is 1. The van der Waals surface area contributed by atoms with Crippen molar-refractivity contribution in [3.63, 3.8) is 0 Å². The average molecular weight is 278 g/mol. The number of aromatic nitrogens is 1. The smallest absolute Gasteiger partial charge is 0.208 e. The number of benzene rings is 1. The first-order valence-electron chi connectivity index (χ1n) is 6.74. The Morgan fingerprint density at radius 1 is 1.32 bits per heavy atom. The molecule has 1 aliphatic rings. The minimum atomic E-state index is -0.877. The van der Waals surface area contributed by atoms with Crippen molar-refractivity contribution in [1.82, 2.24) is 4.98 Å². The number of hydrogen-bond acceptors (Lipinski definition) is 4. The highest BCUT2D eigenvalue weighted by atomic mass is 32.2. The lowest BCUT2D eigenvalue weighted by Crippen LogP contribution is -2.19. The van der Waals surface area contributed by atoms with E-state index in [1.54, 1.807) is 12.1 Å². The van der Waals surface area contributed by atoms with Crippen LogP contribution < -0.4 is 5.73 Å². The summed E-state index contributed by atoms with van der Waals surface area (Å²) in [5, 5.41) is 0.314. The molecule has 0 amide bonds. The van der Waals surface area contributed by atoms with Crippen molar-refractivity contribution in [1.29, 1.82) is 0 Å². The third-order valence-corrected chi connectivity index (χ3v) is 5.39. The number of nitrogens with zero attached hydrogens (tertiary/aromatic N) is 1. The SMILES string of the molecule is Nc1ccc2oc(CS(=O)C3CCCCC3)nc2c1. The molecule has 5 heteroatoms. The zero-order valence-electron chi connectivity index (χ0n) is 10.8. The molecule has 0 spiro atoms. The van der Waals surface area contributed by atoms with E-state index >= 15 is 0 Å². The van der Waals surface area contributed by atoms with Crippen LogP contribution in [0.25, 0.3) is 11.1 Å². The van der Waals surface area contributed by atoms with Gasteiger partial charge in [-0.3, -0.25) is 4.21 Å². The van der Waals surface area contributed by atoms with Gasteiger partial charge < -0.3 is 10.2 Å². The second kappa shape index (κ2) is 5.33. The molecule has 1 aromatic carbocycles. The second-order valence-corrected chi connectivity index (χ2v) is 6.84. The molecule has 1 aliphatic carbocycles. The Morgan fingerprint density at radius 3 is 2.89 bits per heavy atom. The predicted octanol–water partition coefficient (Wildman–Crippen LogP) is 2.99. The van der Waals surface area contributed by atoms with Gasteiger partial charge in [0.1, 0.15) is 11.3 Å². The Labute approximate surface area is 114 Å². The van der Waals surface area contributed by atoms with Crippen molar-refractivity contribution >= 4 is 27.6 Å². The lowest BCUT2D eigenvalue weighted by atomic mass is 10.0. The zero-order chi connectivity index (χ0) is 13.2. The number of oxazole rings is 1. The summed E-state index contributed by atoms with van der Waals surface area (Å²) in [5.74, 6) is 0.976. The Bertz CT molecular complexity index is 603. The van der Waals surface area contributed by atoms with E-state index in [1.807, 2.05) is 6.07 Å². The fourth-order valence-corrected chi connectivity index (χ4v) is 4.08. The van der Waals surface area contributed by atoms with Crippen LogP contribution in [0.5, 0.6) is 0 Å². The molecule has 1 fully saturated rings. The van der Waals surface area contributed by atoms with E-state index in [4.69, 9.17) is 10.2 Å². The van der Waals surface area contributed by atoms with Crippen LogP contribution in [-0.4, -0.2) is 14.4 Å². The molecule has 0 saturated heterocycles. The van der Waals surface area contributed by atoms with Gasteiger partial charge >= 0.3 is 0 Å². The Kier molecular flexibility index (Phi) is 3.55. The summed E-state index contributed by atoms with van der Waals surface area (Å²) in [6.45, 7) is 0. The summed E-state index contributed by atoms with van der Waals surface area (Å²) >= 11 is 0. The molecule has 1 saturated carbocycles. The van der Waals surface area contributed by atoms with Crippen molar-refractivity contribution in [3.05, 3.63) is 24.1 Å². The molecule has 1 atom stereocenters. The monoisotopic (exact) mass is 278 g/mol. The van der Waals surface area contributed by atoms with Crippen molar-refractivity contribution in [2.45, 2.75) is 43.1 Å². The predicted molar refractivity (Wildman–Crippen MR) is 77.1 cm³/mol. The zero-order valence-corrected chi connectivity index (χ0v) is 11.6. The minimum absolute atomic E-state index is 0.314. The van der Waals surface area contributed by atoms with Crippen LogP contribution in [-0.2, 0) is 16.6 Å². The number of rotatable bonds is 3. The first-order valence-corrected chi connectivity index (χ1v) is 8.13. The first-order chi connectivity index (χ1) is 9.22. The fourth-order valence-electron chi connectivity index (χ4n) is 2.62. The number of nitrogens with two attached hydrogens (primary N) is 1. The van der Waals surface area contributed by atoms with Crippen LogP contribution >= 0.6 is 0 Å². The molecule has 0 bridgehead atoms. The molecule has 4 nitrogen and oxygen atoms in total. The van der Waals surface area contributed by atoms with Gasteiger partial charge in [0.15, 0.2) is 5.58 Å². The molecule has 19 heavy (non-hydrogen) atoms. The van der Waals surface area contributed by atoms with Crippen LogP contribution in [0.1, 0.15) is 38.0 Å². The Balaban J connectivity index is 1.75. The summed E-state index contributed by atoms with van der Waals surface area (Å²) in [6, 6.07) is 5.38. The summed E-state index contributed by atoms with van der Waals surface area (Å²) in [5.41, 5.74) is 7.84. The molecule has 1 unspecified atom stereocenters. The largest absolute Gasteiger partial charge is 0.440 e. The molecule has 102 valence electrons. The van der Waals surface area contributed by atoms with Crippen molar-refractivity contribution in [2.24, 2.45) is 0 Å². The van der Waals surface area contributed by atoms with Crippen LogP contribution in [0.2, 0.25) is 0 Å². The molecule has 0 aliphatic heterocycles. The highest BCUT2D eigenvalue weighted by molar-refractivity contribution is 7.84. The molecule has 0 radical (unpaired) electrons. The van der Waals surface area contributed by atoms with Crippen molar-refractivity contribution in [3.8, 4) is 0 Å². The molecule has 2 aromatic rings. The van der Waals surface area contributed by atoms with Gasteiger partial charge in [-0.15, -0.1) is 0 Å². The third-order valence-electron chi connectivity index (χ3n) is 3.65. The average Bonchev–Trinajstić information content (AvgIpc) is 2.81. The first kappa shape index (κ1) is 12.7. The quantitative estimate of drug-likeness (QED) is 0.876. The Hall–Kier alpha value is -1.36. The highest BCUT2D eigenvalue weighted by Crippen LogP contribution is 2.25. The van der Waals surface area contributed by atoms with Crippen LogP contribution in [0, 0.1) is 0 Å². The molecular formula is C14H18N2O2S. The van der Waals surface area contributed by atoms with Gasteiger partial charge in [-0.25, -0.2) is 4.98 Å². The van der Waals surface area contributed by atoms with Gasteiger partial charge in [-0.1, -0.05) is 19.3 Å². The van der Waals surface area contributed by atoms with E-state index in [1.165, 1.54) is 19.3 Å². The highest BCUT2D eigenvalue weighted by Gasteiger charge is 2.21.